The Labute approximate surface area is 165 Å². The second kappa shape index (κ2) is 8.43. The summed E-state index contributed by atoms with van der Waals surface area (Å²) in [5, 5.41) is 0.630. The molecule has 146 valence electrons. The van der Waals surface area contributed by atoms with Crippen LogP contribution >= 0.6 is 23.1 Å². The van der Waals surface area contributed by atoms with Gasteiger partial charge in [0.25, 0.3) is 5.56 Å². The molecular formula is C18H24N4O3S2. The number of nitrogens with two attached hydrogens (primary N) is 1. The van der Waals surface area contributed by atoms with Crippen molar-refractivity contribution in [2.24, 2.45) is 11.7 Å². The Hall–Kier alpha value is -1.87. The highest BCUT2D eigenvalue weighted by Crippen LogP contribution is 2.27. The number of carbonyl (C=O) groups is 2. The molecule has 2 aromatic rings. The van der Waals surface area contributed by atoms with Crippen LogP contribution in [0.4, 0.5) is 0 Å². The fourth-order valence-electron chi connectivity index (χ4n) is 3.09. The topological polar surface area (TPSA) is 109 Å². The van der Waals surface area contributed by atoms with E-state index in [9.17, 15) is 14.4 Å². The second-order valence-corrected chi connectivity index (χ2v) is 9.13. The van der Waals surface area contributed by atoms with Gasteiger partial charge in [0.15, 0.2) is 0 Å². The van der Waals surface area contributed by atoms with Gasteiger partial charge in [0.05, 0.1) is 16.9 Å². The zero-order valence-corrected chi connectivity index (χ0v) is 17.1. The molecule has 0 radical (unpaired) electrons. The number of nitrogens with zero attached hydrogens (tertiary/aromatic N) is 2. The van der Waals surface area contributed by atoms with Crippen LogP contribution in [0.3, 0.4) is 0 Å². The molecular weight excluding hydrogens is 384 g/mol. The number of rotatable bonds is 6. The number of amides is 2. The number of thioether (sulfide) groups is 1. The SMILES string of the molecule is CC(C)c1cc2c(=O)[nH]c(CSCC(=O)N3CCC(C(N)=O)CC3)nc2s1. The van der Waals surface area contributed by atoms with Gasteiger partial charge in [-0.25, -0.2) is 4.98 Å². The van der Waals surface area contributed by atoms with Crippen molar-refractivity contribution in [2.75, 3.05) is 18.8 Å². The molecule has 2 aromatic heterocycles. The monoisotopic (exact) mass is 408 g/mol. The molecule has 0 spiro atoms. The predicted octanol–water partition coefficient (Wildman–Crippen LogP) is 2.07. The summed E-state index contributed by atoms with van der Waals surface area (Å²) >= 11 is 2.98. The zero-order chi connectivity index (χ0) is 19.6. The van der Waals surface area contributed by atoms with Crippen LogP contribution in [0.5, 0.6) is 0 Å². The Kier molecular flexibility index (Phi) is 6.21. The number of primary amides is 1. The number of aromatic amines is 1. The molecule has 1 aliphatic heterocycles. The van der Waals surface area contributed by atoms with Gasteiger partial charge in [-0.1, -0.05) is 13.8 Å². The van der Waals surface area contributed by atoms with Crippen LogP contribution < -0.4 is 11.3 Å². The Balaban J connectivity index is 1.55. The zero-order valence-electron chi connectivity index (χ0n) is 15.5. The molecule has 3 N–H and O–H groups in total. The molecule has 0 aromatic carbocycles. The summed E-state index contributed by atoms with van der Waals surface area (Å²) in [6, 6.07) is 1.91. The highest BCUT2D eigenvalue weighted by atomic mass is 32.2. The maximum Gasteiger partial charge on any atom is 0.259 e. The van der Waals surface area contributed by atoms with E-state index < -0.39 is 0 Å². The minimum atomic E-state index is -0.281. The van der Waals surface area contributed by atoms with Crippen LogP contribution in [0, 0.1) is 5.92 Å². The normalized spacial score (nSPS) is 15.6. The fourth-order valence-corrected chi connectivity index (χ4v) is 4.93. The molecule has 0 bridgehead atoms. The van der Waals surface area contributed by atoms with Crippen molar-refractivity contribution in [1.82, 2.24) is 14.9 Å². The van der Waals surface area contributed by atoms with Crippen LogP contribution in [-0.4, -0.2) is 45.5 Å². The summed E-state index contributed by atoms with van der Waals surface area (Å²) in [5.74, 6) is 1.39. The molecule has 3 rings (SSSR count). The largest absolute Gasteiger partial charge is 0.369 e. The average Bonchev–Trinajstić information content (AvgIpc) is 3.07. The van der Waals surface area contributed by atoms with Crippen molar-refractivity contribution < 1.29 is 9.59 Å². The first-order valence-corrected chi connectivity index (χ1v) is 11.0. The van der Waals surface area contributed by atoms with Gasteiger partial charge in [0.2, 0.25) is 11.8 Å². The molecule has 7 nitrogen and oxygen atoms in total. The Morgan fingerprint density at radius 3 is 2.74 bits per heavy atom. The molecule has 0 atom stereocenters. The standard InChI is InChI=1S/C18H24N4O3S2/c1-10(2)13-7-12-17(25)20-14(21-18(12)27-13)8-26-9-15(23)22-5-3-11(4-6-22)16(19)24/h7,10-11H,3-6,8-9H2,1-2H3,(H2,19,24)(H,20,21,25). The molecule has 2 amide bonds. The predicted molar refractivity (Wildman–Crippen MR) is 109 cm³/mol. The number of hydrogen-bond donors (Lipinski definition) is 2. The van der Waals surface area contributed by atoms with Gasteiger partial charge >= 0.3 is 0 Å². The van der Waals surface area contributed by atoms with E-state index in [2.05, 4.69) is 23.8 Å². The van der Waals surface area contributed by atoms with E-state index in [-0.39, 0.29) is 23.3 Å². The maximum atomic E-state index is 12.3. The Morgan fingerprint density at radius 1 is 1.41 bits per heavy atom. The first kappa shape index (κ1) is 19.9. The first-order chi connectivity index (χ1) is 12.8. The fraction of sp³-hybridized carbons (Fsp3) is 0.556. The van der Waals surface area contributed by atoms with Crippen molar-refractivity contribution in [3.63, 3.8) is 0 Å². The van der Waals surface area contributed by atoms with Crippen LogP contribution in [0.2, 0.25) is 0 Å². The van der Waals surface area contributed by atoms with Crippen LogP contribution in [-0.2, 0) is 15.3 Å². The summed E-state index contributed by atoms with van der Waals surface area (Å²) < 4.78 is 0. The smallest absolute Gasteiger partial charge is 0.259 e. The molecule has 1 saturated heterocycles. The molecule has 0 saturated carbocycles. The second-order valence-electron chi connectivity index (χ2n) is 7.09. The van der Waals surface area contributed by atoms with E-state index in [0.29, 0.717) is 54.6 Å². The van der Waals surface area contributed by atoms with E-state index in [0.717, 1.165) is 9.71 Å². The van der Waals surface area contributed by atoms with Crippen molar-refractivity contribution in [2.45, 2.75) is 38.4 Å². The lowest BCUT2D eigenvalue weighted by Gasteiger charge is -2.30. The maximum absolute atomic E-state index is 12.3. The summed E-state index contributed by atoms with van der Waals surface area (Å²) in [6.07, 6.45) is 1.27. The molecule has 3 heterocycles. The highest BCUT2D eigenvalue weighted by molar-refractivity contribution is 7.99. The third-order valence-electron chi connectivity index (χ3n) is 4.75. The molecule has 1 aliphatic rings. The van der Waals surface area contributed by atoms with Crippen LogP contribution in [0.25, 0.3) is 10.2 Å². The highest BCUT2D eigenvalue weighted by Gasteiger charge is 2.25. The minimum absolute atomic E-state index is 0.0459. The summed E-state index contributed by atoms with van der Waals surface area (Å²) in [5.41, 5.74) is 5.20. The number of aromatic nitrogens is 2. The summed E-state index contributed by atoms with van der Waals surface area (Å²) in [4.78, 5) is 46.8. The lowest BCUT2D eigenvalue weighted by molar-refractivity contribution is -0.132. The number of likely N-dealkylation sites (tertiary alicyclic amines) is 1. The number of nitrogens with one attached hydrogen (secondary N) is 1. The van der Waals surface area contributed by atoms with Crippen molar-refractivity contribution in [3.05, 3.63) is 27.1 Å². The van der Waals surface area contributed by atoms with Crippen molar-refractivity contribution >= 4 is 45.1 Å². The summed E-state index contributed by atoms with van der Waals surface area (Å²) in [7, 11) is 0. The number of piperidine rings is 1. The van der Waals surface area contributed by atoms with E-state index in [4.69, 9.17) is 5.73 Å². The van der Waals surface area contributed by atoms with Crippen molar-refractivity contribution in [3.8, 4) is 0 Å². The Bertz CT molecular complexity index is 898. The number of fused-ring (bicyclic) bond motifs is 1. The minimum Gasteiger partial charge on any atom is -0.369 e. The van der Waals surface area contributed by atoms with E-state index in [1.807, 2.05) is 6.07 Å². The molecule has 1 fully saturated rings. The van der Waals surface area contributed by atoms with Crippen molar-refractivity contribution in [1.29, 1.82) is 0 Å². The Morgan fingerprint density at radius 2 is 2.11 bits per heavy atom. The van der Waals surface area contributed by atoms with Crippen LogP contribution in [0.1, 0.15) is 43.3 Å². The third-order valence-corrected chi connectivity index (χ3v) is 7.01. The molecule has 0 unspecified atom stereocenters. The third kappa shape index (κ3) is 4.70. The van der Waals surface area contributed by atoms with E-state index in [1.165, 1.54) is 11.8 Å². The number of hydrogen-bond acceptors (Lipinski definition) is 6. The van der Waals surface area contributed by atoms with Gasteiger partial charge in [0.1, 0.15) is 10.7 Å². The van der Waals surface area contributed by atoms with Crippen LogP contribution in [0.15, 0.2) is 10.9 Å². The van der Waals surface area contributed by atoms with Gasteiger partial charge in [0, 0.05) is 23.9 Å². The lowest BCUT2D eigenvalue weighted by Crippen LogP contribution is -2.42. The molecule has 27 heavy (non-hydrogen) atoms. The number of carbonyl (C=O) groups excluding carboxylic acids is 2. The molecule has 9 heteroatoms. The quantitative estimate of drug-likeness (QED) is 0.760. The molecule has 0 aliphatic carbocycles. The van der Waals surface area contributed by atoms with E-state index >= 15 is 0 Å². The van der Waals surface area contributed by atoms with Gasteiger partial charge in [-0.15, -0.1) is 23.1 Å². The summed E-state index contributed by atoms with van der Waals surface area (Å²) in [6.45, 7) is 5.32. The number of H-pyrrole nitrogens is 1. The average molecular weight is 409 g/mol. The first-order valence-electron chi connectivity index (χ1n) is 9.02. The van der Waals surface area contributed by atoms with E-state index in [1.54, 1.807) is 16.2 Å². The van der Waals surface area contributed by atoms with Gasteiger partial charge in [-0.2, -0.15) is 0 Å². The number of thiophene rings is 1. The van der Waals surface area contributed by atoms with Gasteiger partial charge in [-0.3, -0.25) is 14.4 Å². The lowest BCUT2D eigenvalue weighted by atomic mass is 9.96. The van der Waals surface area contributed by atoms with Gasteiger partial charge < -0.3 is 15.6 Å². The van der Waals surface area contributed by atoms with Gasteiger partial charge in [-0.05, 0) is 24.8 Å².